The Kier molecular flexibility index (Phi) is 2.82. The quantitative estimate of drug-likeness (QED) is 0.765. The molecule has 0 bridgehead atoms. The molecule has 1 fully saturated rings. The van der Waals surface area contributed by atoms with Crippen molar-refractivity contribution >= 4 is 11.0 Å². The molecular weight excluding hydrogens is 267 g/mol. The van der Waals surface area contributed by atoms with Gasteiger partial charge in [-0.25, -0.2) is 4.39 Å². The smallest absolute Gasteiger partial charge is 0.170 e. The minimum atomic E-state index is -0.870. The lowest BCUT2D eigenvalue weighted by Crippen LogP contribution is -1.97. The molecule has 4 rings (SSSR count). The van der Waals surface area contributed by atoms with Crippen LogP contribution in [0.1, 0.15) is 41.8 Å². The first kappa shape index (κ1) is 12.6. The highest BCUT2D eigenvalue weighted by Crippen LogP contribution is 2.40. The molecule has 21 heavy (non-hydrogen) atoms. The number of hydrogen-bond acceptors (Lipinski definition) is 2. The summed E-state index contributed by atoms with van der Waals surface area (Å²) in [5, 5.41) is 11.1. The van der Waals surface area contributed by atoms with Crippen LogP contribution in [0.5, 0.6) is 0 Å². The summed E-state index contributed by atoms with van der Waals surface area (Å²) < 4.78 is 19.1. The fourth-order valence-electron chi connectivity index (χ4n) is 2.71. The van der Waals surface area contributed by atoms with Gasteiger partial charge in [-0.05, 0) is 42.0 Å². The van der Waals surface area contributed by atoms with Gasteiger partial charge in [-0.15, -0.1) is 0 Å². The topological polar surface area (TPSA) is 33.4 Å². The van der Waals surface area contributed by atoms with E-state index in [1.54, 1.807) is 18.2 Å². The zero-order chi connectivity index (χ0) is 14.4. The molecule has 1 heterocycles. The average molecular weight is 282 g/mol. The van der Waals surface area contributed by atoms with Crippen molar-refractivity contribution in [2.24, 2.45) is 0 Å². The summed E-state index contributed by atoms with van der Waals surface area (Å²) in [7, 11) is 0. The second kappa shape index (κ2) is 4.71. The van der Waals surface area contributed by atoms with E-state index in [-0.39, 0.29) is 5.58 Å². The van der Waals surface area contributed by atoms with Gasteiger partial charge in [0.25, 0.3) is 0 Å². The Labute approximate surface area is 121 Å². The molecule has 2 nitrogen and oxygen atoms in total. The van der Waals surface area contributed by atoms with E-state index in [2.05, 4.69) is 12.1 Å². The van der Waals surface area contributed by atoms with Gasteiger partial charge in [0, 0.05) is 5.39 Å². The first-order valence-corrected chi connectivity index (χ1v) is 7.18. The number of para-hydroxylation sites is 1. The van der Waals surface area contributed by atoms with Gasteiger partial charge < -0.3 is 9.52 Å². The van der Waals surface area contributed by atoms with Crippen molar-refractivity contribution in [3.63, 3.8) is 0 Å². The molecule has 1 aliphatic rings. The highest BCUT2D eigenvalue weighted by atomic mass is 19.1. The Bertz CT molecular complexity index is 785. The van der Waals surface area contributed by atoms with Gasteiger partial charge in [-0.1, -0.05) is 36.4 Å². The van der Waals surface area contributed by atoms with Gasteiger partial charge >= 0.3 is 0 Å². The van der Waals surface area contributed by atoms with E-state index in [0.717, 1.165) is 5.56 Å². The van der Waals surface area contributed by atoms with Crippen molar-refractivity contribution in [1.29, 1.82) is 0 Å². The van der Waals surface area contributed by atoms with Crippen molar-refractivity contribution in [3.8, 4) is 0 Å². The van der Waals surface area contributed by atoms with Gasteiger partial charge in [0.2, 0.25) is 0 Å². The predicted octanol–water partition coefficient (Wildman–Crippen LogP) is 4.53. The molecule has 1 N–H and O–H groups in total. The van der Waals surface area contributed by atoms with Gasteiger partial charge in [0.15, 0.2) is 11.4 Å². The van der Waals surface area contributed by atoms with Crippen LogP contribution in [0.2, 0.25) is 0 Å². The van der Waals surface area contributed by atoms with Gasteiger partial charge in [-0.2, -0.15) is 0 Å². The molecule has 0 aliphatic heterocycles. The summed E-state index contributed by atoms with van der Waals surface area (Å²) >= 11 is 0. The number of aliphatic hydroxyl groups excluding tert-OH is 1. The number of fused-ring (bicyclic) bond motifs is 1. The molecule has 1 aromatic heterocycles. The molecular formula is C18H15FO2. The number of rotatable bonds is 3. The summed E-state index contributed by atoms with van der Waals surface area (Å²) in [6.07, 6.45) is 1.64. The van der Waals surface area contributed by atoms with Crippen molar-refractivity contribution in [3.05, 3.63) is 71.2 Å². The number of furan rings is 1. The van der Waals surface area contributed by atoms with Crippen LogP contribution in [0.25, 0.3) is 11.0 Å². The predicted molar refractivity (Wildman–Crippen MR) is 78.7 cm³/mol. The highest BCUT2D eigenvalue weighted by molar-refractivity contribution is 5.78. The normalized spacial score (nSPS) is 16.3. The molecule has 0 spiro atoms. The summed E-state index contributed by atoms with van der Waals surface area (Å²) in [6, 6.07) is 14.4. The molecule has 3 aromatic rings. The minimum Gasteiger partial charge on any atom is -0.455 e. The van der Waals surface area contributed by atoms with Crippen LogP contribution in [-0.2, 0) is 0 Å². The summed E-state index contributed by atoms with van der Waals surface area (Å²) in [5.41, 5.74) is 2.28. The Morgan fingerprint density at radius 1 is 1.10 bits per heavy atom. The standard InChI is InChI=1S/C18H15FO2/c19-15-3-1-2-14-10-16(21-18(14)15)17(20)13-8-6-12(7-9-13)11-4-5-11/h1-3,6-11,17,20H,4-5H2. The first-order chi connectivity index (χ1) is 10.2. The molecule has 106 valence electrons. The van der Waals surface area contributed by atoms with Crippen LogP contribution in [-0.4, -0.2) is 5.11 Å². The SMILES string of the molecule is OC(c1ccc(C2CC2)cc1)c1cc2cccc(F)c2o1. The summed E-state index contributed by atoms with van der Waals surface area (Å²) in [5.74, 6) is 0.654. The third kappa shape index (κ3) is 2.24. The van der Waals surface area contributed by atoms with Crippen LogP contribution in [0, 0.1) is 5.82 Å². The zero-order valence-corrected chi connectivity index (χ0v) is 11.4. The van der Waals surface area contributed by atoms with Crippen molar-refractivity contribution in [1.82, 2.24) is 0 Å². The molecule has 1 unspecified atom stereocenters. The highest BCUT2D eigenvalue weighted by Gasteiger charge is 2.24. The lowest BCUT2D eigenvalue weighted by atomic mass is 10.0. The largest absolute Gasteiger partial charge is 0.455 e. The van der Waals surface area contributed by atoms with Gasteiger partial charge in [0.1, 0.15) is 11.9 Å². The molecule has 1 saturated carbocycles. The maximum absolute atomic E-state index is 13.6. The van der Waals surface area contributed by atoms with Crippen LogP contribution in [0.3, 0.4) is 0 Å². The van der Waals surface area contributed by atoms with E-state index < -0.39 is 11.9 Å². The van der Waals surface area contributed by atoms with E-state index in [1.807, 2.05) is 12.1 Å². The first-order valence-electron chi connectivity index (χ1n) is 7.18. The van der Waals surface area contributed by atoms with E-state index in [1.165, 1.54) is 24.5 Å². The number of hydrogen-bond donors (Lipinski definition) is 1. The van der Waals surface area contributed by atoms with Crippen LogP contribution < -0.4 is 0 Å². The van der Waals surface area contributed by atoms with E-state index in [4.69, 9.17) is 4.42 Å². The van der Waals surface area contributed by atoms with E-state index in [0.29, 0.717) is 17.1 Å². The monoisotopic (exact) mass is 282 g/mol. The lowest BCUT2D eigenvalue weighted by Gasteiger charge is -2.08. The molecule has 2 aromatic carbocycles. The lowest BCUT2D eigenvalue weighted by molar-refractivity contribution is 0.192. The third-order valence-corrected chi connectivity index (χ3v) is 4.09. The van der Waals surface area contributed by atoms with Crippen LogP contribution in [0.15, 0.2) is 52.9 Å². The van der Waals surface area contributed by atoms with E-state index in [9.17, 15) is 9.50 Å². The second-order valence-corrected chi connectivity index (χ2v) is 5.65. The number of aliphatic hydroxyl groups is 1. The van der Waals surface area contributed by atoms with Crippen LogP contribution in [0.4, 0.5) is 4.39 Å². The number of halogens is 1. The second-order valence-electron chi connectivity index (χ2n) is 5.65. The Hall–Kier alpha value is -2.13. The molecule has 1 atom stereocenters. The van der Waals surface area contributed by atoms with Crippen molar-refractivity contribution in [2.45, 2.75) is 24.9 Å². The van der Waals surface area contributed by atoms with Crippen molar-refractivity contribution in [2.75, 3.05) is 0 Å². The van der Waals surface area contributed by atoms with Gasteiger partial charge in [-0.3, -0.25) is 0 Å². The van der Waals surface area contributed by atoms with Crippen molar-refractivity contribution < 1.29 is 13.9 Å². The maximum Gasteiger partial charge on any atom is 0.170 e. The Morgan fingerprint density at radius 3 is 2.52 bits per heavy atom. The van der Waals surface area contributed by atoms with E-state index >= 15 is 0 Å². The molecule has 3 heteroatoms. The maximum atomic E-state index is 13.6. The molecule has 0 radical (unpaired) electrons. The Balaban J connectivity index is 1.68. The molecule has 0 saturated heterocycles. The fourth-order valence-corrected chi connectivity index (χ4v) is 2.71. The average Bonchev–Trinajstić information content (AvgIpc) is 3.26. The van der Waals surface area contributed by atoms with Gasteiger partial charge in [0.05, 0.1) is 0 Å². The third-order valence-electron chi connectivity index (χ3n) is 4.09. The summed E-state index contributed by atoms with van der Waals surface area (Å²) in [4.78, 5) is 0. The molecule has 1 aliphatic carbocycles. The number of benzene rings is 2. The molecule has 0 amide bonds. The minimum absolute atomic E-state index is 0.196. The zero-order valence-electron chi connectivity index (χ0n) is 11.4. The fraction of sp³-hybridized carbons (Fsp3) is 0.222. The summed E-state index contributed by atoms with van der Waals surface area (Å²) in [6.45, 7) is 0. The Morgan fingerprint density at radius 2 is 1.86 bits per heavy atom. The van der Waals surface area contributed by atoms with Crippen LogP contribution >= 0.6 is 0 Å².